The summed E-state index contributed by atoms with van der Waals surface area (Å²) in [7, 11) is 0. The van der Waals surface area contributed by atoms with E-state index in [4.69, 9.17) is 11.6 Å². The minimum atomic E-state index is 0.0180. The Bertz CT molecular complexity index is 942. The number of pyridine rings is 1. The maximum absolute atomic E-state index is 13.2. The smallest absolute Gasteiger partial charge is 0.255 e. The summed E-state index contributed by atoms with van der Waals surface area (Å²) in [6, 6.07) is 11.3. The van der Waals surface area contributed by atoms with Crippen LogP contribution in [0.25, 0.3) is 0 Å². The first-order valence-electron chi connectivity index (χ1n) is 11.7. The van der Waals surface area contributed by atoms with Gasteiger partial charge in [-0.3, -0.25) is 9.59 Å². The third-order valence-corrected chi connectivity index (χ3v) is 7.69. The predicted octanol–water partition coefficient (Wildman–Crippen LogP) is 4.49. The van der Waals surface area contributed by atoms with Crippen molar-refractivity contribution in [2.75, 3.05) is 43.4 Å². The first-order chi connectivity index (χ1) is 16.1. The van der Waals surface area contributed by atoms with Gasteiger partial charge < -0.3 is 15.1 Å². The molecule has 6 nitrogen and oxygen atoms in total. The summed E-state index contributed by atoms with van der Waals surface area (Å²) in [5.41, 5.74) is 0.667. The fourth-order valence-corrected chi connectivity index (χ4v) is 5.46. The van der Waals surface area contributed by atoms with E-state index in [2.05, 4.69) is 15.2 Å². The molecule has 176 valence electrons. The Morgan fingerprint density at radius 1 is 1.03 bits per heavy atom. The highest BCUT2D eigenvalue weighted by Gasteiger charge is 2.24. The molecule has 1 aliphatic heterocycles. The van der Waals surface area contributed by atoms with Crippen LogP contribution >= 0.6 is 23.4 Å². The van der Waals surface area contributed by atoms with Gasteiger partial charge in [-0.25, -0.2) is 4.98 Å². The summed E-state index contributed by atoms with van der Waals surface area (Å²) >= 11 is 7.38. The van der Waals surface area contributed by atoms with E-state index in [0.717, 1.165) is 30.3 Å². The summed E-state index contributed by atoms with van der Waals surface area (Å²) < 4.78 is 0. The van der Waals surface area contributed by atoms with E-state index in [1.165, 1.54) is 43.9 Å². The number of nitrogens with zero attached hydrogens (tertiary/aromatic N) is 3. The molecule has 0 radical (unpaired) electrons. The number of hydrogen-bond acceptors (Lipinski definition) is 5. The number of aromatic nitrogens is 1. The summed E-state index contributed by atoms with van der Waals surface area (Å²) in [4.78, 5) is 34.9. The van der Waals surface area contributed by atoms with Crippen LogP contribution in [-0.2, 0) is 4.79 Å². The highest BCUT2D eigenvalue weighted by atomic mass is 35.5. The maximum atomic E-state index is 13.2. The molecular weight excluding hydrogens is 456 g/mol. The van der Waals surface area contributed by atoms with Gasteiger partial charge in [0.15, 0.2) is 0 Å². The summed E-state index contributed by atoms with van der Waals surface area (Å²) in [6.45, 7) is 3.47. The molecule has 2 aliphatic rings. The van der Waals surface area contributed by atoms with Crippen LogP contribution in [0.5, 0.6) is 0 Å². The lowest BCUT2D eigenvalue weighted by atomic mass is 9.89. The van der Waals surface area contributed by atoms with Gasteiger partial charge in [0.25, 0.3) is 5.91 Å². The van der Waals surface area contributed by atoms with Crippen molar-refractivity contribution < 1.29 is 9.59 Å². The quantitative estimate of drug-likeness (QED) is 0.584. The zero-order chi connectivity index (χ0) is 23.0. The SMILES string of the molecule is O=C(CSc1ccccc1C(=O)N1CCN(c2ccc(Cl)cn2)CC1)NCC1CCCCC1. The van der Waals surface area contributed by atoms with E-state index in [1.54, 1.807) is 6.20 Å². The van der Waals surface area contributed by atoms with Crippen LogP contribution in [-0.4, -0.2) is 60.2 Å². The highest BCUT2D eigenvalue weighted by molar-refractivity contribution is 8.00. The Labute approximate surface area is 205 Å². The maximum Gasteiger partial charge on any atom is 0.255 e. The van der Waals surface area contributed by atoms with Gasteiger partial charge in [-0.1, -0.05) is 43.0 Å². The van der Waals surface area contributed by atoms with Crippen molar-refractivity contribution in [3.8, 4) is 0 Å². The number of piperazine rings is 1. The van der Waals surface area contributed by atoms with Gasteiger partial charge in [-0.05, 0) is 43.0 Å². The first-order valence-corrected chi connectivity index (χ1v) is 13.1. The largest absolute Gasteiger partial charge is 0.355 e. The Balaban J connectivity index is 1.29. The van der Waals surface area contributed by atoms with E-state index in [-0.39, 0.29) is 11.8 Å². The lowest BCUT2D eigenvalue weighted by molar-refractivity contribution is -0.118. The van der Waals surface area contributed by atoms with Crippen LogP contribution < -0.4 is 10.2 Å². The van der Waals surface area contributed by atoms with Crippen molar-refractivity contribution in [2.24, 2.45) is 5.92 Å². The topological polar surface area (TPSA) is 65.5 Å². The van der Waals surface area contributed by atoms with E-state index < -0.39 is 0 Å². The second kappa shape index (κ2) is 11.7. The molecule has 0 unspecified atom stereocenters. The fourth-order valence-electron chi connectivity index (χ4n) is 4.48. The molecule has 1 aliphatic carbocycles. The van der Waals surface area contributed by atoms with E-state index in [1.807, 2.05) is 41.3 Å². The Kier molecular flexibility index (Phi) is 8.51. The molecule has 33 heavy (non-hydrogen) atoms. The number of amides is 2. The zero-order valence-corrected chi connectivity index (χ0v) is 20.4. The molecule has 8 heteroatoms. The number of carbonyl (C=O) groups is 2. The monoisotopic (exact) mass is 486 g/mol. The number of anilines is 1. The summed E-state index contributed by atoms with van der Waals surface area (Å²) in [6.07, 6.45) is 7.94. The van der Waals surface area contributed by atoms with E-state index >= 15 is 0 Å². The molecule has 2 heterocycles. The molecular formula is C25H31ClN4O2S. The van der Waals surface area contributed by atoms with Crippen LogP contribution in [0.1, 0.15) is 42.5 Å². The van der Waals surface area contributed by atoms with Crippen LogP contribution in [0.2, 0.25) is 5.02 Å². The number of rotatable bonds is 7. The molecule has 2 aromatic rings. The molecule has 0 atom stereocenters. The molecule has 4 rings (SSSR count). The number of hydrogen-bond donors (Lipinski definition) is 1. The standard InChI is InChI=1S/C25H31ClN4O2S/c26-20-10-11-23(27-17-20)29-12-14-30(15-13-29)25(32)21-8-4-5-9-22(21)33-18-24(31)28-16-19-6-2-1-3-7-19/h4-5,8-11,17,19H,1-3,6-7,12-16,18H2,(H,28,31). The number of thioether (sulfide) groups is 1. The number of carbonyl (C=O) groups excluding carboxylic acids is 2. The van der Waals surface area contributed by atoms with E-state index in [9.17, 15) is 9.59 Å². The molecule has 1 saturated heterocycles. The van der Waals surface area contributed by atoms with Crippen molar-refractivity contribution in [1.82, 2.24) is 15.2 Å². The average Bonchev–Trinajstić information content (AvgIpc) is 2.87. The lowest BCUT2D eigenvalue weighted by Crippen LogP contribution is -2.49. The van der Waals surface area contributed by atoms with Crippen LogP contribution in [0.15, 0.2) is 47.5 Å². The van der Waals surface area contributed by atoms with Crippen LogP contribution in [0.3, 0.4) is 0 Å². The first kappa shape index (κ1) is 23.9. The molecule has 2 amide bonds. The average molecular weight is 487 g/mol. The van der Waals surface area contributed by atoms with Gasteiger partial charge >= 0.3 is 0 Å². The zero-order valence-electron chi connectivity index (χ0n) is 18.8. The Morgan fingerprint density at radius 2 is 1.79 bits per heavy atom. The third-order valence-electron chi connectivity index (χ3n) is 6.39. The summed E-state index contributed by atoms with van der Waals surface area (Å²) in [5.74, 6) is 1.87. The number of nitrogens with one attached hydrogen (secondary N) is 1. The number of halogens is 1. The van der Waals surface area contributed by atoms with Crippen molar-refractivity contribution in [1.29, 1.82) is 0 Å². The molecule has 0 spiro atoms. The van der Waals surface area contributed by atoms with Gasteiger partial charge in [0.1, 0.15) is 5.82 Å². The molecule has 1 aromatic carbocycles. The van der Waals surface area contributed by atoms with Crippen LogP contribution in [0, 0.1) is 5.92 Å². The molecule has 0 bridgehead atoms. The molecule has 1 saturated carbocycles. The minimum Gasteiger partial charge on any atom is -0.355 e. The summed E-state index contributed by atoms with van der Waals surface area (Å²) in [5, 5.41) is 3.70. The van der Waals surface area contributed by atoms with Gasteiger partial charge in [-0.15, -0.1) is 11.8 Å². The minimum absolute atomic E-state index is 0.0180. The highest BCUT2D eigenvalue weighted by Crippen LogP contribution is 2.26. The molecule has 1 aromatic heterocycles. The third kappa shape index (κ3) is 6.64. The Morgan fingerprint density at radius 3 is 2.52 bits per heavy atom. The van der Waals surface area contributed by atoms with Crippen LogP contribution in [0.4, 0.5) is 5.82 Å². The second-order valence-corrected chi connectivity index (χ2v) is 10.2. The molecule has 1 N–H and O–H groups in total. The second-order valence-electron chi connectivity index (χ2n) is 8.71. The van der Waals surface area contributed by atoms with Crippen molar-refractivity contribution in [2.45, 2.75) is 37.0 Å². The van der Waals surface area contributed by atoms with E-state index in [0.29, 0.717) is 35.3 Å². The van der Waals surface area contributed by atoms with Gasteiger partial charge in [-0.2, -0.15) is 0 Å². The normalized spacial score (nSPS) is 17.1. The lowest BCUT2D eigenvalue weighted by Gasteiger charge is -2.35. The van der Waals surface area contributed by atoms with Gasteiger partial charge in [0, 0.05) is 43.8 Å². The number of benzene rings is 1. The molecule has 2 fully saturated rings. The van der Waals surface area contributed by atoms with Gasteiger partial charge in [0.05, 0.1) is 16.3 Å². The Hall–Kier alpha value is -2.25. The van der Waals surface area contributed by atoms with Crippen molar-refractivity contribution in [3.63, 3.8) is 0 Å². The van der Waals surface area contributed by atoms with Crippen molar-refractivity contribution in [3.05, 3.63) is 53.2 Å². The fraction of sp³-hybridized carbons (Fsp3) is 0.480. The van der Waals surface area contributed by atoms with Crippen molar-refractivity contribution >= 4 is 41.0 Å². The van der Waals surface area contributed by atoms with Gasteiger partial charge in [0.2, 0.25) is 5.91 Å². The predicted molar refractivity (Wildman–Crippen MR) is 134 cm³/mol.